The molecule has 2 nitrogen and oxygen atoms in total. The summed E-state index contributed by atoms with van der Waals surface area (Å²) in [7, 11) is 0. The fourth-order valence-electron chi connectivity index (χ4n) is 2.12. The Labute approximate surface area is 112 Å². The van der Waals surface area contributed by atoms with Crippen molar-refractivity contribution in [3.63, 3.8) is 0 Å². The van der Waals surface area contributed by atoms with Gasteiger partial charge in [0.05, 0.1) is 12.2 Å². The maximum absolute atomic E-state index is 4.29. The van der Waals surface area contributed by atoms with E-state index in [1.165, 1.54) is 16.3 Å². The molecule has 0 aromatic heterocycles. The van der Waals surface area contributed by atoms with E-state index in [1.807, 2.05) is 30.3 Å². The van der Waals surface area contributed by atoms with Gasteiger partial charge in [-0.1, -0.05) is 60.7 Å². The first-order valence-corrected chi connectivity index (χ1v) is 6.33. The monoisotopic (exact) mass is 246 g/mol. The standard InChI is InChI=1S/C17H14N2/c1-2-10-16(11-3-1)19-18-13-15-9-6-8-14-7-4-5-12-17(14)15/h1-12H,13H2. The molecule has 0 saturated carbocycles. The fourth-order valence-corrected chi connectivity index (χ4v) is 2.12. The summed E-state index contributed by atoms with van der Waals surface area (Å²) < 4.78 is 0. The molecule has 19 heavy (non-hydrogen) atoms. The number of rotatable bonds is 3. The van der Waals surface area contributed by atoms with Crippen molar-refractivity contribution >= 4 is 16.5 Å². The number of hydrogen-bond donors (Lipinski definition) is 0. The van der Waals surface area contributed by atoms with Gasteiger partial charge in [-0.05, 0) is 28.5 Å². The first-order valence-electron chi connectivity index (χ1n) is 6.33. The molecule has 0 atom stereocenters. The van der Waals surface area contributed by atoms with Crippen LogP contribution >= 0.6 is 0 Å². The van der Waals surface area contributed by atoms with Gasteiger partial charge in [0.2, 0.25) is 0 Å². The van der Waals surface area contributed by atoms with E-state index in [1.54, 1.807) is 0 Å². The summed E-state index contributed by atoms with van der Waals surface area (Å²) in [5.41, 5.74) is 2.10. The molecule has 2 heteroatoms. The molecule has 92 valence electrons. The van der Waals surface area contributed by atoms with E-state index < -0.39 is 0 Å². The van der Waals surface area contributed by atoms with Crippen LogP contribution in [0.15, 0.2) is 83.0 Å². The lowest BCUT2D eigenvalue weighted by Gasteiger charge is -2.02. The van der Waals surface area contributed by atoms with Crippen LogP contribution in [0.4, 0.5) is 5.69 Å². The van der Waals surface area contributed by atoms with Gasteiger partial charge in [-0.2, -0.15) is 10.2 Å². The maximum atomic E-state index is 4.29. The van der Waals surface area contributed by atoms with Crippen LogP contribution < -0.4 is 0 Å². The smallest absolute Gasteiger partial charge is 0.0859 e. The minimum absolute atomic E-state index is 0.607. The zero-order valence-electron chi connectivity index (χ0n) is 10.5. The van der Waals surface area contributed by atoms with Crippen molar-refractivity contribution in [1.82, 2.24) is 0 Å². The van der Waals surface area contributed by atoms with E-state index in [2.05, 4.69) is 52.7 Å². The van der Waals surface area contributed by atoms with Crippen LogP contribution in [0, 0.1) is 0 Å². The minimum atomic E-state index is 0.607. The molecule has 3 rings (SSSR count). The third kappa shape index (κ3) is 2.68. The summed E-state index contributed by atoms with van der Waals surface area (Å²) in [6.07, 6.45) is 0. The molecule has 0 saturated heterocycles. The van der Waals surface area contributed by atoms with Crippen molar-refractivity contribution in [3.05, 3.63) is 78.4 Å². The average molecular weight is 246 g/mol. The second-order valence-corrected chi connectivity index (χ2v) is 4.37. The zero-order valence-corrected chi connectivity index (χ0v) is 10.5. The van der Waals surface area contributed by atoms with E-state index in [9.17, 15) is 0 Å². The molecule has 0 spiro atoms. The van der Waals surface area contributed by atoms with Gasteiger partial charge in [0.1, 0.15) is 0 Å². The molecule has 0 aliphatic carbocycles. The van der Waals surface area contributed by atoms with Crippen LogP contribution in [0.5, 0.6) is 0 Å². The molecule has 0 aliphatic heterocycles. The molecule has 0 aliphatic rings. The van der Waals surface area contributed by atoms with Crippen molar-refractivity contribution in [1.29, 1.82) is 0 Å². The molecule has 3 aromatic rings. The molecule has 0 N–H and O–H groups in total. The molecule has 0 fully saturated rings. The minimum Gasteiger partial charge on any atom is -0.184 e. The van der Waals surface area contributed by atoms with Gasteiger partial charge < -0.3 is 0 Å². The third-order valence-electron chi connectivity index (χ3n) is 3.06. The van der Waals surface area contributed by atoms with E-state index in [0.717, 1.165) is 5.69 Å². The van der Waals surface area contributed by atoms with Crippen molar-refractivity contribution in [3.8, 4) is 0 Å². The number of fused-ring (bicyclic) bond motifs is 1. The highest BCUT2D eigenvalue weighted by atomic mass is 15.1. The van der Waals surface area contributed by atoms with Crippen LogP contribution in [-0.4, -0.2) is 0 Å². The fraction of sp³-hybridized carbons (Fsp3) is 0.0588. The van der Waals surface area contributed by atoms with Crippen LogP contribution in [0.1, 0.15) is 5.56 Å². The Morgan fingerprint density at radius 1 is 0.684 bits per heavy atom. The van der Waals surface area contributed by atoms with Gasteiger partial charge in [0.25, 0.3) is 0 Å². The molecule has 0 radical (unpaired) electrons. The van der Waals surface area contributed by atoms with E-state index >= 15 is 0 Å². The van der Waals surface area contributed by atoms with Gasteiger partial charge in [0, 0.05) is 0 Å². The number of nitrogens with zero attached hydrogens (tertiary/aromatic N) is 2. The Bertz CT molecular complexity index is 697. The van der Waals surface area contributed by atoms with E-state index in [-0.39, 0.29) is 0 Å². The van der Waals surface area contributed by atoms with Gasteiger partial charge in [-0.15, -0.1) is 0 Å². The van der Waals surface area contributed by atoms with Gasteiger partial charge >= 0.3 is 0 Å². The molecular weight excluding hydrogens is 232 g/mol. The summed E-state index contributed by atoms with van der Waals surface area (Å²) in [4.78, 5) is 0. The number of azo groups is 1. The van der Waals surface area contributed by atoms with Gasteiger partial charge in [0.15, 0.2) is 0 Å². The highest BCUT2D eigenvalue weighted by Crippen LogP contribution is 2.20. The van der Waals surface area contributed by atoms with Gasteiger partial charge in [-0.3, -0.25) is 0 Å². The Balaban J connectivity index is 1.84. The summed E-state index contributed by atoms with van der Waals surface area (Å²) in [6, 6.07) is 24.4. The van der Waals surface area contributed by atoms with Crippen molar-refractivity contribution in [2.24, 2.45) is 10.2 Å². The normalized spacial score (nSPS) is 11.2. The number of hydrogen-bond acceptors (Lipinski definition) is 2. The summed E-state index contributed by atoms with van der Waals surface area (Å²) in [6.45, 7) is 0.607. The van der Waals surface area contributed by atoms with Crippen molar-refractivity contribution < 1.29 is 0 Å². The lowest BCUT2D eigenvalue weighted by Crippen LogP contribution is -1.83. The van der Waals surface area contributed by atoms with Gasteiger partial charge in [-0.25, -0.2) is 0 Å². The van der Waals surface area contributed by atoms with E-state index in [0.29, 0.717) is 6.54 Å². The second kappa shape index (κ2) is 5.44. The largest absolute Gasteiger partial charge is 0.184 e. The van der Waals surface area contributed by atoms with E-state index in [4.69, 9.17) is 0 Å². The first kappa shape index (κ1) is 11.6. The van der Waals surface area contributed by atoms with Crippen LogP contribution in [0.3, 0.4) is 0 Å². The molecule has 0 amide bonds. The molecule has 0 bridgehead atoms. The SMILES string of the molecule is c1ccc(N=NCc2cccc3ccccc23)cc1. The zero-order chi connectivity index (χ0) is 12.9. The number of benzene rings is 3. The van der Waals surface area contributed by atoms with Crippen LogP contribution in [0.2, 0.25) is 0 Å². The topological polar surface area (TPSA) is 24.7 Å². The Hall–Kier alpha value is -2.48. The Morgan fingerprint density at radius 3 is 2.32 bits per heavy atom. The molecule has 0 unspecified atom stereocenters. The highest BCUT2D eigenvalue weighted by Gasteiger charge is 1.98. The Morgan fingerprint density at radius 2 is 1.42 bits per heavy atom. The predicted octanol–water partition coefficient (Wildman–Crippen LogP) is 5.12. The first-order chi connectivity index (χ1) is 9.43. The van der Waals surface area contributed by atoms with Crippen LogP contribution in [-0.2, 0) is 6.54 Å². The third-order valence-corrected chi connectivity index (χ3v) is 3.06. The van der Waals surface area contributed by atoms with Crippen LogP contribution in [0.25, 0.3) is 10.8 Å². The van der Waals surface area contributed by atoms with Crippen molar-refractivity contribution in [2.45, 2.75) is 6.54 Å². The van der Waals surface area contributed by atoms with Crippen molar-refractivity contribution in [2.75, 3.05) is 0 Å². The predicted molar refractivity (Wildman–Crippen MR) is 78.6 cm³/mol. The summed E-state index contributed by atoms with van der Waals surface area (Å²) in [5, 5.41) is 11.0. The maximum Gasteiger partial charge on any atom is 0.0859 e. The Kier molecular flexibility index (Phi) is 3.32. The molecule has 3 aromatic carbocycles. The molecular formula is C17H14N2. The lowest BCUT2D eigenvalue weighted by atomic mass is 10.1. The summed E-state index contributed by atoms with van der Waals surface area (Å²) in [5.74, 6) is 0. The lowest BCUT2D eigenvalue weighted by molar-refractivity contribution is 0.968. The quantitative estimate of drug-likeness (QED) is 0.573. The second-order valence-electron chi connectivity index (χ2n) is 4.37. The average Bonchev–Trinajstić information content (AvgIpc) is 2.49. The molecule has 0 heterocycles. The summed E-state index contributed by atoms with van der Waals surface area (Å²) >= 11 is 0. The highest BCUT2D eigenvalue weighted by molar-refractivity contribution is 5.85.